The van der Waals surface area contributed by atoms with E-state index in [0.29, 0.717) is 28.2 Å². The molecule has 144 valence electrons. The van der Waals surface area contributed by atoms with E-state index in [1.165, 1.54) is 0 Å². The molecule has 0 spiro atoms. The Labute approximate surface area is 176 Å². The SMILES string of the molecule is Cl.OCCCCCNCc1cc(Cl)ccc1OCc1ccc(Cl)cc1Cl. The van der Waals surface area contributed by atoms with Crippen LogP contribution < -0.4 is 10.1 Å². The molecule has 0 bridgehead atoms. The van der Waals surface area contributed by atoms with Crippen LogP contribution >= 0.6 is 47.2 Å². The van der Waals surface area contributed by atoms with Gasteiger partial charge >= 0.3 is 0 Å². The summed E-state index contributed by atoms with van der Waals surface area (Å²) in [5.74, 6) is 0.776. The Morgan fingerprint density at radius 2 is 1.62 bits per heavy atom. The quantitative estimate of drug-likeness (QED) is 0.453. The zero-order chi connectivity index (χ0) is 18.1. The van der Waals surface area contributed by atoms with Crippen molar-refractivity contribution in [2.45, 2.75) is 32.4 Å². The molecule has 0 radical (unpaired) electrons. The third-order valence-electron chi connectivity index (χ3n) is 3.75. The van der Waals surface area contributed by atoms with Crippen molar-refractivity contribution in [3.63, 3.8) is 0 Å². The van der Waals surface area contributed by atoms with Gasteiger partial charge in [0.15, 0.2) is 0 Å². The summed E-state index contributed by atoms with van der Waals surface area (Å²) >= 11 is 18.2. The molecule has 0 saturated heterocycles. The van der Waals surface area contributed by atoms with Crippen LogP contribution in [0.15, 0.2) is 36.4 Å². The molecule has 0 saturated carbocycles. The first-order valence-corrected chi connectivity index (χ1v) is 9.40. The van der Waals surface area contributed by atoms with Gasteiger partial charge in [-0.1, -0.05) is 40.9 Å². The minimum atomic E-state index is 0. The monoisotopic (exact) mass is 437 g/mol. The Balaban J connectivity index is 0.00000338. The first-order valence-electron chi connectivity index (χ1n) is 8.27. The molecule has 26 heavy (non-hydrogen) atoms. The molecule has 7 heteroatoms. The molecular weight excluding hydrogens is 416 g/mol. The van der Waals surface area contributed by atoms with Crippen LogP contribution in [0.3, 0.4) is 0 Å². The van der Waals surface area contributed by atoms with E-state index in [9.17, 15) is 0 Å². The Morgan fingerprint density at radius 3 is 2.35 bits per heavy atom. The second-order valence-electron chi connectivity index (χ2n) is 5.74. The number of nitrogens with one attached hydrogen (secondary N) is 1. The van der Waals surface area contributed by atoms with Crippen molar-refractivity contribution in [3.8, 4) is 5.75 Å². The zero-order valence-corrected chi connectivity index (χ0v) is 17.4. The minimum Gasteiger partial charge on any atom is -0.489 e. The maximum atomic E-state index is 8.79. The van der Waals surface area contributed by atoms with Crippen LogP contribution in [0.1, 0.15) is 30.4 Å². The van der Waals surface area contributed by atoms with E-state index in [2.05, 4.69) is 5.32 Å². The minimum absolute atomic E-state index is 0. The molecule has 3 nitrogen and oxygen atoms in total. The largest absolute Gasteiger partial charge is 0.489 e. The van der Waals surface area contributed by atoms with Gasteiger partial charge in [-0.2, -0.15) is 0 Å². The normalized spacial score (nSPS) is 10.5. The molecule has 2 rings (SSSR count). The highest BCUT2D eigenvalue weighted by Gasteiger charge is 2.07. The van der Waals surface area contributed by atoms with Crippen LogP contribution in [-0.2, 0) is 13.2 Å². The predicted octanol–water partition coefficient (Wildman–Crippen LogP) is 5.90. The molecular formula is C19H23Cl4NO2. The first-order chi connectivity index (χ1) is 12.1. The van der Waals surface area contributed by atoms with Crippen LogP contribution in [0.4, 0.5) is 0 Å². The van der Waals surface area contributed by atoms with Gasteiger partial charge in [-0.3, -0.25) is 0 Å². The van der Waals surface area contributed by atoms with Crippen LogP contribution in [-0.4, -0.2) is 18.3 Å². The molecule has 0 aromatic heterocycles. The number of benzene rings is 2. The first kappa shape index (κ1) is 23.4. The number of halogens is 4. The smallest absolute Gasteiger partial charge is 0.124 e. The average Bonchev–Trinajstić information content (AvgIpc) is 2.58. The standard InChI is InChI=1S/C19H22Cl3NO2.ClH/c20-16-6-7-19(15(10-16)12-23-8-2-1-3-9-24)25-13-14-4-5-17(21)11-18(14)22;/h4-7,10-11,23-24H,1-3,8-9,12-13H2;1H. The Hall–Kier alpha value is -0.680. The van der Waals surface area contributed by atoms with E-state index in [0.717, 1.165) is 42.7 Å². The fourth-order valence-corrected chi connectivity index (χ4v) is 3.04. The third-order valence-corrected chi connectivity index (χ3v) is 4.57. The predicted molar refractivity (Wildman–Crippen MR) is 112 cm³/mol. The molecule has 0 amide bonds. The molecule has 0 unspecified atom stereocenters. The van der Waals surface area contributed by atoms with Gasteiger partial charge in [-0.05, 0) is 56.1 Å². The Kier molecular flexibility index (Phi) is 11.4. The van der Waals surface area contributed by atoms with Crippen molar-refractivity contribution >= 4 is 47.2 Å². The van der Waals surface area contributed by atoms with Crippen LogP contribution in [0.25, 0.3) is 0 Å². The van der Waals surface area contributed by atoms with Crippen molar-refractivity contribution in [1.82, 2.24) is 5.32 Å². The summed E-state index contributed by atoms with van der Waals surface area (Å²) in [5, 5.41) is 14.0. The average molecular weight is 439 g/mol. The molecule has 0 aliphatic carbocycles. The fraction of sp³-hybridized carbons (Fsp3) is 0.368. The Morgan fingerprint density at radius 1 is 0.885 bits per heavy atom. The molecule has 0 aliphatic rings. The lowest BCUT2D eigenvalue weighted by Crippen LogP contribution is -2.15. The van der Waals surface area contributed by atoms with Gasteiger partial charge in [0.1, 0.15) is 12.4 Å². The van der Waals surface area contributed by atoms with Gasteiger partial charge in [0.2, 0.25) is 0 Å². The van der Waals surface area contributed by atoms with Crippen LogP contribution in [0, 0.1) is 0 Å². The van der Waals surface area contributed by atoms with E-state index in [4.69, 9.17) is 44.6 Å². The summed E-state index contributed by atoms with van der Waals surface area (Å²) in [7, 11) is 0. The highest BCUT2D eigenvalue weighted by Crippen LogP contribution is 2.26. The Bertz CT molecular complexity index is 683. The summed E-state index contributed by atoms with van der Waals surface area (Å²) < 4.78 is 5.94. The van der Waals surface area contributed by atoms with Gasteiger partial charge in [0.05, 0.1) is 0 Å². The van der Waals surface area contributed by atoms with Crippen molar-refractivity contribution < 1.29 is 9.84 Å². The number of aliphatic hydroxyl groups is 1. The van der Waals surface area contributed by atoms with E-state index < -0.39 is 0 Å². The van der Waals surface area contributed by atoms with Gasteiger partial charge in [-0.15, -0.1) is 12.4 Å². The molecule has 0 aliphatic heterocycles. The second kappa shape index (κ2) is 12.7. The zero-order valence-electron chi connectivity index (χ0n) is 14.3. The van der Waals surface area contributed by atoms with Crippen molar-refractivity contribution in [2.75, 3.05) is 13.2 Å². The van der Waals surface area contributed by atoms with Crippen LogP contribution in [0.5, 0.6) is 5.75 Å². The highest BCUT2D eigenvalue weighted by atomic mass is 35.5. The third kappa shape index (κ3) is 7.91. The van der Waals surface area contributed by atoms with E-state index in [-0.39, 0.29) is 19.0 Å². The molecule has 0 fully saturated rings. The molecule has 2 aromatic rings. The lowest BCUT2D eigenvalue weighted by Gasteiger charge is -2.14. The number of hydrogen-bond acceptors (Lipinski definition) is 3. The van der Waals surface area contributed by atoms with Gasteiger partial charge < -0.3 is 15.2 Å². The maximum Gasteiger partial charge on any atom is 0.124 e. The molecule has 0 heterocycles. The number of rotatable bonds is 10. The topological polar surface area (TPSA) is 41.5 Å². The van der Waals surface area contributed by atoms with E-state index in [1.54, 1.807) is 12.1 Å². The van der Waals surface area contributed by atoms with Crippen LogP contribution in [0.2, 0.25) is 15.1 Å². The lowest BCUT2D eigenvalue weighted by atomic mass is 10.2. The number of unbranched alkanes of at least 4 members (excludes halogenated alkanes) is 2. The number of ether oxygens (including phenoxy) is 1. The molecule has 2 N–H and O–H groups in total. The lowest BCUT2D eigenvalue weighted by molar-refractivity contribution is 0.282. The number of hydrogen-bond donors (Lipinski definition) is 2. The van der Waals surface area contributed by atoms with Crippen molar-refractivity contribution in [1.29, 1.82) is 0 Å². The van der Waals surface area contributed by atoms with Crippen molar-refractivity contribution in [2.24, 2.45) is 0 Å². The van der Waals surface area contributed by atoms with Crippen molar-refractivity contribution in [3.05, 3.63) is 62.6 Å². The van der Waals surface area contributed by atoms with Gasteiger partial charge in [0, 0.05) is 39.3 Å². The molecule has 0 atom stereocenters. The summed E-state index contributed by atoms with van der Waals surface area (Å²) in [6.07, 6.45) is 2.88. The summed E-state index contributed by atoms with van der Waals surface area (Å²) in [5.41, 5.74) is 1.88. The van der Waals surface area contributed by atoms with Gasteiger partial charge in [0.25, 0.3) is 0 Å². The number of aliphatic hydroxyl groups excluding tert-OH is 1. The fourth-order valence-electron chi connectivity index (χ4n) is 2.38. The second-order valence-corrected chi connectivity index (χ2v) is 7.02. The summed E-state index contributed by atoms with van der Waals surface area (Å²) in [4.78, 5) is 0. The van der Waals surface area contributed by atoms with E-state index >= 15 is 0 Å². The molecule has 2 aromatic carbocycles. The van der Waals surface area contributed by atoms with Gasteiger partial charge in [-0.25, -0.2) is 0 Å². The maximum absolute atomic E-state index is 8.79. The van der Waals surface area contributed by atoms with E-state index in [1.807, 2.05) is 24.3 Å². The summed E-state index contributed by atoms with van der Waals surface area (Å²) in [6.45, 7) is 2.17. The summed E-state index contributed by atoms with van der Waals surface area (Å²) in [6, 6.07) is 10.9. The highest BCUT2D eigenvalue weighted by molar-refractivity contribution is 6.35.